The van der Waals surface area contributed by atoms with E-state index in [-0.39, 0.29) is 17.7 Å². The first-order chi connectivity index (χ1) is 11.5. The Morgan fingerprint density at radius 1 is 1.04 bits per heavy atom. The Hall–Kier alpha value is -2.47. The predicted molar refractivity (Wildman–Crippen MR) is 99.1 cm³/mol. The molecule has 2 rings (SSSR count). The molecule has 0 aliphatic carbocycles. The topological polar surface area (TPSA) is 70.6 Å². The smallest absolute Gasteiger partial charge is 0.271 e. The molecule has 0 aliphatic rings. The third-order valence-electron chi connectivity index (χ3n) is 3.19. The minimum Gasteiger partial charge on any atom is -0.326 e. The molecule has 6 heteroatoms. The standard InChI is InChI=1S/C18H18BrN3O2/c1-12(2)17(23)21-16-9-5-14(6-10-16)18(24)22-20-11-13-3-7-15(19)8-4-13/h3-12H,1-2H3,(H,21,23)(H,22,24). The Morgan fingerprint density at radius 3 is 2.25 bits per heavy atom. The second kappa shape index (κ2) is 8.40. The van der Waals surface area contributed by atoms with Crippen LogP contribution in [-0.4, -0.2) is 18.0 Å². The van der Waals surface area contributed by atoms with Gasteiger partial charge in [-0.3, -0.25) is 9.59 Å². The number of carbonyl (C=O) groups is 2. The van der Waals surface area contributed by atoms with Crippen LogP contribution in [0.4, 0.5) is 5.69 Å². The highest BCUT2D eigenvalue weighted by atomic mass is 79.9. The van der Waals surface area contributed by atoms with Crippen molar-refractivity contribution in [2.75, 3.05) is 5.32 Å². The molecule has 2 aromatic rings. The van der Waals surface area contributed by atoms with Crippen molar-refractivity contribution >= 4 is 39.6 Å². The van der Waals surface area contributed by atoms with Crippen molar-refractivity contribution in [1.82, 2.24) is 5.43 Å². The van der Waals surface area contributed by atoms with Gasteiger partial charge in [0, 0.05) is 21.6 Å². The Morgan fingerprint density at radius 2 is 1.67 bits per heavy atom. The summed E-state index contributed by atoms with van der Waals surface area (Å²) < 4.78 is 0.980. The normalized spacial score (nSPS) is 10.8. The largest absolute Gasteiger partial charge is 0.326 e. The first-order valence-corrected chi connectivity index (χ1v) is 8.25. The molecule has 0 atom stereocenters. The van der Waals surface area contributed by atoms with Crippen LogP contribution >= 0.6 is 15.9 Å². The molecule has 0 unspecified atom stereocenters. The van der Waals surface area contributed by atoms with Crippen molar-refractivity contribution in [2.24, 2.45) is 11.0 Å². The number of hydrazone groups is 1. The van der Waals surface area contributed by atoms with Crippen LogP contribution in [-0.2, 0) is 4.79 Å². The van der Waals surface area contributed by atoms with E-state index in [1.807, 2.05) is 38.1 Å². The van der Waals surface area contributed by atoms with Crippen LogP contribution in [0.1, 0.15) is 29.8 Å². The Labute approximate surface area is 149 Å². The van der Waals surface area contributed by atoms with E-state index in [1.54, 1.807) is 30.5 Å². The van der Waals surface area contributed by atoms with Gasteiger partial charge in [-0.05, 0) is 42.0 Å². The van der Waals surface area contributed by atoms with E-state index >= 15 is 0 Å². The molecule has 0 saturated heterocycles. The molecule has 2 aromatic carbocycles. The predicted octanol–water partition coefficient (Wildman–Crippen LogP) is 3.81. The number of benzene rings is 2. The molecule has 24 heavy (non-hydrogen) atoms. The summed E-state index contributed by atoms with van der Waals surface area (Å²) in [6.07, 6.45) is 1.57. The Bertz CT molecular complexity index is 738. The van der Waals surface area contributed by atoms with Crippen molar-refractivity contribution in [3.8, 4) is 0 Å². The zero-order valence-electron chi connectivity index (χ0n) is 13.4. The fraction of sp³-hybridized carbons (Fsp3) is 0.167. The van der Waals surface area contributed by atoms with Gasteiger partial charge in [0.25, 0.3) is 5.91 Å². The molecule has 0 saturated carbocycles. The lowest BCUT2D eigenvalue weighted by molar-refractivity contribution is -0.118. The maximum atomic E-state index is 12.0. The van der Waals surface area contributed by atoms with Crippen LogP contribution in [0.5, 0.6) is 0 Å². The van der Waals surface area contributed by atoms with Crippen LogP contribution in [0.25, 0.3) is 0 Å². The molecule has 0 aliphatic heterocycles. The minimum absolute atomic E-state index is 0.0636. The number of hydrogen-bond acceptors (Lipinski definition) is 3. The second-order valence-corrected chi connectivity index (χ2v) is 6.39. The van der Waals surface area contributed by atoms with E-state index < -0.39 is 0 Å². The van der Waals surface area contributed by atoms with Crippen LogP contribution in [0.15, 0.2) is 58.1 Å². The molecule has 0 aromatic heterocycles. The highest BCUT2D eigenvalue weighted by Crippen LogP contribution is 2.11. The summed E-state index contributed by atoms with van der Waals surface area (Å²) in [5, 5.41) is 6.70. The van der Waals surface area contributed by atoms with Crippen LogP contribution in [0.3, 0.4) is 0 Å². The fourth-order valence-corrected chi connectivity index (χ4v) is 2.03. The summed E-state index contributed by atoms with van der Waals surface area (Å²) in [5.41, 5.74) is 4.47. The number of rotatable bonds is 5. The molecule has 2 N–H and O–H groups in total. The number of nitrogens with zero attached hydrogens (tertiary/aromatic N) is 1. The van der Waals surface area contributed by atoms with Crippen LogP contribution in [0, 0.1) is 5.92 Å². The fourth-order valence-electron chi connectivity index (χ4n) is 1.77. The molecule has 124 valence electrons. The van der Waals surface area contributed by atoms with E-state index in [9.17, 15) is 9.59 Å². The Kier molecular flexibility index (Phi) is 6.26. The van der Waals surface area contributed by atoms with E-state index in [4.69, 9.17) is 0 Å². The molecule has 0 bridgehead atoms. The van der Waals surface area contributed by atoms with E-state index in [1.165, 1.54) is 0 Å². The zero-order valence-corrected chi connectivity index (χ0v) is 15.0. The van der Waals surface area contributed by atoms with Gasteiger partial charge in [0.1, 0.15) is 0 Å². The van der Waals surface area contributed by atoms with Gasteiger partial charge in [-0.2, -0.15) is 5.10 Å². The van der Waals surface area contributed by atoms with Crippen molar-refractivity contribution in [3.05, 3.63) is 64.1 Å². The van der Waals surface area contributed by atoms with E-state index in [0.29, 0.717) is 11.3 Å². The van der Waals surface area contributed by atoms with Gasteiger partial charge >= 0.3 is 0 Å². The van der Waals surface area contributed by atoms with Crippen molar-refractivity contribution in [3.63, 3.8) is 0 Å². The summed E-state index contributed by atoms with van der Waals surface area (Å²) in [6.45, 7) is 3.64. The number of halogens is 1. The van der Waals surface area contributed by atoms with Gasteiger partial charge in [-0.1, -0.05) is 41.9 Å². The van der Waals surface area contributed by atoms with Gasteiger partial charge in [-0.15, -0.1) is 0 Å². The number of anilines is 1. The third-order valence-corrected chi connectivity index (χ3v) is 3.72. The van der Waals surface area contributed by atoms with Gasteiger partial charge in [0.15, 0.2) is 0 Å². The first-order valence-electron chi connectivity index (χ1n) is 7.45. The highest BCUT2D eigenvalue weighted by Gasteiger charge is 2.08. The SMILES string of the molecule is CC(C)C(=O)Nc1ccc(C(=O)NN=Cc2ccc(Br)cc2)cc1. The average Bonchev–Trinajstić information content (AvgIpc) is 2.57. The molecular weight excluding hydrogens is 370 g/mol. The Balaban J connectivity index is 1.92. The van der Waals surface area contributed by atoms with Crippen LogP contribution in [0.2, 0.25) is 0 Å². The number of nitrogens with one attached hydrogen (secondary N) is 2. The third kappa shape index (κ3) is 5.31. The van der Waals surface area contributed by atoms with E-state index in [2.05, 4.69) is 31.8 Å². The molecule has 0 radical (unpaired) electrons. The lowest BCUT2D eigenvalue weighted by Crippen LogP contribution is -2.19. The molecule has 2 amide bonds. The second-order valence-electron chi connectivity index (χ2n) is 5.47. The summed E-state index contributed by atoms with van der Waals surface area (Å²) in [4.78, 5) is 23.6. The minimum atomic E-state index is -0.315. The summed E-state index contributed by atoms with van der Waals surface area (Å²) in [5.74, 6) is -0.475. The monoisotopic (exact) mass is 387 g/mol. The zero-order chi connectivity index (χ0) is 17.5. The van der Waals surface area contributed by atoms with Gasteiger partial charge in [0.05, 0.1) is 6.21 Å². The summed E-state index contributed by atoms with van der Waals surface area (Å²) >= 11 is 3.36. The van der Waals surface area contributed by atoms with E-state index in [0.717, 1.165) is 10.0 Å². The van der Waals surface area contributed by atoms with Gasteiger partial charge < -0.3 is 5.32 Å². The molecule has 5 nitrogen and oxygen atoms in total. The molecule has 0 fully saturated rings. The number of amides is 2. The highest BCUT2D eigenvalue weighted by molar-refractivity contribution is 9.10. The lowest BCUT2D eigenvalue weighted by Gasteiger charge is -2.08. The molecule has 0 heterocycles. The average molecular weight is 388 g/mol. The van der Waals surface area contributed by atoms with Crippen molar-refractivity contribution < 1.29 is 9.59 Å². The molecule has 0 spiro atoms. The lowest BCUT2D eigenvalue weighted by atomic mass is 10.1. The van der Waals surface area contributed by atoms with Crippen LogP contribution < -0.4 is 10.7 Å². The maximum absolute atomic E-state index is 12.0. The maximum Gasteiger partial charge on any atom is 0.271 e. The quantitative estimate of drug-likeness (QED) is 0.604. The van der Waals surface area contributed by atoms with Gasteiger partial charge in [0.2, 0.25) is 5.91 Å². The van der Waals surface area contributed by atoms with Crippen molar-refractivity contribution in [2.45, 2.75) is 13.8 Å². The number of carbonyl (C=O) groups excluding carboxylic acids is 2. The van der Waals surface area contributed by atoms with Crippen molar-refractivity contribution in [1.29, 1.82) is 0 Å². The first kappa shape index (κ1) is 17.9. The summed E-state index contributed by atoms with van der Waals surface area (Å²) in [6, 6.07) is 14.2. The summed E-state index contributed by atoms with van der Waals surface area (Å²) in [7, 11) is 0. The molecular formula is C18H18BrN3O2. The number of hydrogen-bond donors (Lipinski definition) is 2. The van der Waals surface area contributed by atoms with Gasteiger partial charge in [-0.25, -0.2) is 5.43 Å².